The van der Waals surface area contributed by atoms with Crippen LogP contribution in [-0.4, -0.2) is 53.6 Å². The zero-order chi connectivity index (χ0) is 29.9. The SMILES string of the molecule is O=C(COc1ccc(C(=O)c2ccccc2)c(O)c1)NNC(=O)OCCOc1ccc(C(=O)c2ccccc2)c(O)c1. The van der Waals surface area contributed by atoms with Crippen LogP contribution in [0.3, 0.4) is 0 Å². The number of carbonyl (C=O) groups is 4. The van der Waals surface area contributed by atoms with Crippen molar-refractivity contribution in [3.8, 4) is 23.0 Å². The fourth-order valence-electron chi connectivity index (χ4n) is 3.71. The highest BCUT2D eigenvalue weighted by molar-refractivity contribution is 6.11. The van der Waals surface area contributed by atoms with E-state index in [2.05, 4.69) is 5.43 Å². The van der Waals surface area contributed by atoms with Gasteiger partial charge >= 0.3 is 6.09 Å². The first-order chi connectivity index (χ1) is 20.3. The molecule has 0 aliphatic carbocycles. The van der Waals surface area contributed by atoms with Crippen molar-refractivity contribution >= 4 is 23.6 Å². The smallest absolute Gasteiger partial charge is 0.426 e. The Kier molecular flexibility index (Phi) is 9.71. The number of hydrazine groups is 1. The van der Waals surface area contributed by atoms with Crippen LogP contribution < -0.4 is 20.3 Å². The first kappa shape index (κ1) is 29.2. The van der Waals surface area contributed by atoms with Gasteiger partial charge in [-0.3, -0.25) is 19.8 Å². The number of rotatable bonds is 11. The minimum Gasteiger partial charge on any atom is -0.507 e. The maximum absolute atomic E-state index is 12.5. The zero-order valence-electron chi connectivity index (χ0n) is 22.1. The molecule has 0 bridgehead atoms. The molecule has 0 unspecified atom stereocenters. The van der Waals surface area contributed by atoms with E-state index in [0.717, 1.165) is 0 Å². The first-order valence-corrected chi connectivity index (χ1v) is 12.6. The molecule has 11 nitrogen and oxygen atoms in total. The summed E-state index contributed by atoms with van der Waals surface area (Å²) in [5, 5.41) is 20.4. The highest BCUT2D eigenvalue weighted by Crippen LogP contribution is 2.27. The van der Waals surface area contributed by atoms with Gasteiger partial charge in [-0.25, -0.2) is 10.2 Å². The van der Waals surface area contributed by atoms with Crippen LogP contribution in [0.15, 0.2) is 97.1 Å². The molecule has 11 heteroatoms. The third-order valence-corrected chi connectivity index (χ3v) is 5.76. The van der Waals surface area contributed by atoms with Gasteiger partial charge in [-0.05, 0) is 24.3 Å². The molecule has 2 amide bonds. The van der Waals surface area contributed by atoms with E-state index in [4.69, 9.17) is 14.2 Å². The van der Waals surface area contributed by atoms with E-state index in [1.54, 1.807) is 60.7 Å². The van der Waals surface area contributed by atoms with Crippen LogP contribution in [0.4, 0.5) is 4.79 Å². The number of ether oxygens (including phenoxy) is 3. The summed E-state index contributed by atoms with van der Waals surface area (Å²) >= 11 is 0. The van der Waals surface area contributed by atoms with Crippen molar-refractivity contribution in [2.45, 2.75) is 0 Å². The van der Waals surface area contributed by atoms with Crippen molar-refractivity contribution in [2.75, 3.05) is 19.8 Å². The molecule has 0 saturated heterocycles. The van der Waals surface area contributed by atoms with Crippen LogP contribution in [0, 0.1) is 0 Å². The van der Waals surface area contributed by atoms with Crippen molar-refractivity contribution in [2.24, 2.45) is 0 Å². The summed E-state index contributed by atoms with van der Waals surface area (Å²) in [5.41, 5.74) is 5.20. The predicted octanol–water partition coefficient (Wildman–Crippen LogP) is 3.78. The Morgan fingerprint density at radius 2 is 1.10 bits per heavy atom. The van der Waals surface area contributed by atoms with Crippen LogP contribution in [0.2, 0.25) is 0 Å². The molecule has 4 N–H and O–H groups in total. The summed E-state index contributed by atoms with van der Waals surface area (Å²) in [6.45, 7) is -0.750. The minimum atomic E-state index is -0.958. The Labute approximate surface area is 240 Å². The molecule has 0 atom stereocenters. The van der Waals surface area contributed by atoms with E-state index in [1.807, 2.05) is 5.43 Å². The zero-order valence-corrected chi connectivity index (χ0v) is 22.1. The van der Waals surface area contributed by atoms with E-state index in [-0.39, 0.29) is 58.9 Å². The van der Waals surface area contributed by atoms with Crippen molar-refractivity contribution in [1.29, 1.82) is 0 Å². The highest BCUT2D eigenvalue weighted by atomic mass is 16.6. The molecule has 0 aliphatic heterocycles. The third kappa shape index (κ3) is 7.85. The van der Waals surface area contributed by atoms with E-state index < -0.39 is 18.6 Å². The van der Waals surface area contributed by atoms with Gasteiger partial charge in [0.05, 0.1) is 11.1 Å². The maximum atomic E-state index is 12.5. The first-order valence-electron chi connectivity index (χ1n) is 12.6. The molecule has 42 heavy (non-hydrogen) atoms. The van der Waals surface area contributed by atoms with Crippen molar-refractivity contribution in [3.05, 3.63) is 119 Å². The number of benzene rings is 4. The van der Waals surface area contributed by atoms with Gasteiger partial charge < -0.3 is 24.4 Å². The molecular formula is C31H26N2O9. The second kappa shape index (κ2) is 14.0. The molecule has 4 aromatic carbocycles. The van der Waals surface area contributed by atoms with E-state index >= 15 is 0 Å². The summed E-state index contributed by atoms with van der Waals surface area (Å²) in [4.78, 5) is 48.8. The van der Waals surface area contributed by atoms with Gasteiger partial charge in [0, 0.05) is 23.3 Å². The molecule has 4 rings (SSSR count). The van der Waals surface area contributed by atoms with Crippen LogP contribution in [0.5, 0.6) is 23.0 Å². The molecule has 0 aliphatic rings. The molecule has 0 fully saturated rings. The number of phenolic OH excluding ortho intramolecular Hbond substituents is 2. The average molecular weight is 571 g/mol. The molecular weight excluding hydrogens is 544 g/mol. The minimum absolute atomic E-state index is 0.0673. The summed E-state index contributed by atoms with van der Waals surface area (Å²) in [7, 11) is 0. The lowest BCUT2D eigenvalue weighted by Crippen LogP contribution is -2.44. The van der Waals surface area contributed by atoms with E-state index in [1.165, 1.54) is 36.4 Å². The summed E-state index contributed by atoms with van der Waals surface area (Å²) in [5.74, 6) is -1.58. The quantitative estimate of drug-likeness (QED) is 0.120. The summed E-state index contributed by atoms with van der Waals surface area (Å²) < 4.78 is 15.6. The normalized spacial score (nSPS) is 10.3. The Hall–Kier alpha value is -5.84. The lowest BCUT2D eigenvalue weighted by atomic mass is 10.0. The Morgan fingerprint density at radius 3 is 1.60 bits per heavy atom. The fraction of sp³-hybridized carbons (Fsp3) is 0.0968. The van der Waals surface area contributed by atoms with Gasteiger partial charge in [-0.1, -0.05) is 60.7 Å². The Morgan fingerprint density at radius 1 is 0.595 bits per heavy atom. The molecule has 0 aromatic heterocycles. The fourth-order valence-corrected chi connectivity index (χ4v) is 3.71. The number of nitrogens with one attached hydrogen (secondary N) is 2. The van der Waals surface area contributed by atoms with Crippen LogP contribution in [0.1, 0.15) is 31.8 Å². The number of carbonyl (C=O) groups excluding carboxylic acids is 4. The second-order valence-corrected chi connectivity index (χ2v) is 8.69. The maximum Gasteiger partial charge on any atom is 0.426 e. The third-order valence-electron chi connectivity index (χ3n) is 5.76. The number of phenols is 2. The largest absolute Gasteiger partial charge is 0.507 e. The van der Waals surface area contributed by atoms with Crippen molar-refractivity contribution in [3.63, 3.8) is 0 Å². The molecule has 0 spiro atoms. The average Bonchev–Trinajstić information content (AvgIpc) is 3.01. The molecule has 214 valence electrons. The van der Waals surface area contributed by atoms with Gasteiger partial charge in [0.2, 0.25) is 0 Å². The van der Waals surface area contributed by atoms with Crippen LogP contribution in [0.25, 0.3) is 0 Å². The lowest BCUT2D eigenvalue weighted by Gasteiger charge is -2.11. The van der Waals surface area contributed by atoms with Crippen molar-refractivity contribution in [1.82, 2.24) is 10.9 Å². The number of hydrogen-bond donors (Lipinski definition) is 4. The van der Waals surface area contributed by atoms with E-state index in [9.17, 15) is 29.4 Å². The predicted molar refractivity (Wildman–Crippen MR) is 150 cm³/mol. The number of amides is 2. The molecule has 0 saturated carbocycles. The standard InChI is InChI=1S/C31H26N2O9/c34-26-17-22(11-13-24(26)29(37)20-7-3-1-4-8-20)40-15-16-41-31(39)33-32-28(36)19-42-23-12-14-25(27(35)18-23)30(38)21-9-5-2-6-10-21/h1-14,17-18,34-35H,15-16,19H2,(H,32,36)(H,33,39). The Balaban J connectivity index is 1.14. The number of aromatic hydroxyl groups is 2. The monoisotopic (exact) mass is 570 g/mol. The molecule has 0 heterocycles. The molecule has 0 radical (unpaired) electrons. The lowest BCUT2D eigenvalue weighted by molar-refractivity contribution is -0.124. The highest BCUT2D eigenvalue weighted by Gasteiger charge is 2.16. The van der Waals surface area contributed by atoms with Gasteiger partial charge in [0.15, 0.2) is 18.2 Å². The summed E-state index contributed by atoms with van der Waals surface area (Å²) in [6.07, 6.45) is -0.958. The van der Waals surface area contributed by atoms with Crippen molar-refractivity contribution < 1.29 is 43.6 Å². The van der Waals surface area contributed by atoms with Gasteiger partial charge in [0.25, 0.3) is 5.91 Å². The van der Waals surface area contributed by atoms with Crippen LogP contribution in [-0.2, 0) is 9.53 Å². The molecule has 4 aromatic rings. The second-order valence-electron chi connectivity index (χ2n) is 8.69. The number of hydrogen-bond acceptors (Lipinski definition) is 9. The van der Waals surface area contributed by atoms with Crippen LogP contribution >= 0.6 is 0 Å². The topological polar surface area (TPSA) is 160 Å². The van der Waals surface area contributed by atoms with Gasteiger partial charge in [-0.2, -0.15) is 0 Å². The number of ketones is 2. The van der Waals surface area contributed by atoms with Gasteiger partial charge in [-0.15, -0.1) is 0 Å². The Bertz CT molecular complexity index is 1570. The van der Waals surface area contributed by atoms with E-state index in [0.29, 0.717) is 11.1 Å². The van der Waals surface area contributed by atoms with Gasteiger partial charge in [0.1, 0.15) is 36.2 Å². The summed E-state index contributed by atoms with van der Waals surface area (Å²) in [6, 6.07) is 25.2.